The van der Waals surface area contributed by atoms with Crippen molar-refractivity contribution >= 4 is 23.3 Å². The van der Waals surface area contributed by atoms with Crippen LogP contribution in [0.2, 0.25) is 5.02 Å². The minimum atomic E-state index is -4.69. The SMILES string of the molecule is Cc1ccc(Cl)c(OC(=O)Cc2c(C)nc3nc(C(F)(F)F)nn3c2C)c1. The molecule has 0 bridgehead atoms. The summed E-state index contributed by atoms with van der Waals surface area (Å²) in [4.78, 5) is 19.7. The topological polar surface area (TPSA) is 69.4 Å². The summed E-state index contributed by atoms with van der Waals surface area (Å²) in [7, 11) is 0. The Morgan fingerprint density at radius 3 is 2.59 bits per heavy atom. The van der Waals surface area contributed by atoms with Gasteiger partial charge in [0.2, 0.25) is 0 Å². The summed E-state index contributed by atoms with van der Waals surface area (Å²) in [6, 6.07) is 5.00. The molecule has 0 N–H and O–H groups in total. The minimum absolute atomic E-state index is 0.184. The standard InChI is InChI=1S/C17H14ClF3N4O2/c1-8-4-5-12(18)13(6-8)27-14(26)7-11-9(2)22-16-23-15(17(19,20)21)24-25(16)10(11)3/h4-6H,7H2,1-3H3. The van der Waals surface area contributed by atoms with E-state index in [-0.39, 0.29) is 23.0 Å². The Balaban J connectivity index is 1.92. The summed E-state index contributed by atoms with van der Waals surface area (Å²) in [5.41, 5.74) is 1.97. The molecule has 0 saturated carbocycles. The Labute approximate surface area is 156 Å². The fourth-order valence-corrected chi connectivity index (χ4v) is 2.73. The third-order valence-corrected chi connectivity index (χ3v) is 4.25. The molecule has 0 aliphatic rings. The highest BCUT2D eigenvalue weighted by Gasteiger charge is 2.37. The third kappa shape index (κ3) is 3.87. The molecule has 6 nitrogen and oxygen atoms in total. The van der Waals surface area contributed by atoms with Crippen LogP contribution >= 0.6 is 11.6 Å². The second-order valence-electron chi connectivity index (χ2n) is 5.99. The van der Waals surface area contributed by atoms with E-state index in [9.17, 15) is 18.0 Å². The lowest BCUT2D eigenvalue weighted by Gasteiger charge is -2.11. The number of halogens is 4. The largest absolute Gasteiger partial charge is 0.453 e. The van der Waals surface area contributed by atoms with E-state index in [0.29, 0.717) is 17.0 Å². The van der Waals surface area contributed by atoms with E-state index in [1.165, 1.54) is 0 Å². The molecule has 0 spiro atoms. The number of fused-ring (bicyclic) bond motifs is 1. The Morgan fingerprint density at radius 1 is 1.22 bits per heavy atom. The first-order chi connectivity index (χ1) is 12.6. The van der Waals surface area contributed by atoms with Crippen molar-refractivity contribution in [2.75, 3.05) is 0 Å². The smallest absolute Gasteiger partial charge is 0.425 e. The van der Waals surface area contributed by atoms with Crippen molar-refractivity contribution in [3.8, 4) is 5.75 Å². The van der Waals surface area contributed by atoms with E-state index in [0.717, 1.165) is 10.1 Å². The Hall–Kier alpha value is -2.68. The second-order valence-corrected chi connectivity index (χ2v) is 6.40. The predicted octanol–water partition coefficient (Wildman–Crippen LogP) is 3.87. The highest BCUT2D eigenvalue weighted by molar-refractivity contribution is 6.32. The highest BCUT2D eigenvalue weighted by Crippen LogP contribution is 2.28. The van der Waals surface area contributed by atoms with Crippen molar-refractivity contribution in [2.45, 2.75) is 33.4 Å². The zero-order chi connectivity index (χ0) is 19.9. The maximum absolute atomic E-state index is 12.8. The number of benzene rings is 1. The van der Waals surface area contributed by atoms with E-state index in [4.69, 9.17) is 16.3 Å². The number of rotatable bonds is 3. The third-order valence-electron chi connectivity index (χ3n) is 3.93. The number of carbonyl (C=O) groups excluding carboxylic acids is 1. The van der Waals surface area contributed by atoms with Crippen LogP contribution in [0.1, 0.15) is 28.3 Å². The average molecular weight is 399 g/mol. The van der Waals surface area contributed by atoms with Gasteiger partial charge in [-0.1, -0.05) is 17.7 Å². The number of carbonyl (C=O) groups is 1. The molecule has 0 aliphatic carbocycles. The molecule has 3 aromatic rings. The number of aromatic nitrogens is 4. The molecule has 0 aliphatic heterocycles. The van der Waals surface area contributed by atoms with Crippen LogP contribution in [-0.4, -0.2) is 25.6 Å². The first-order valence-corrected chi connectivity index (χ1v) is 8.21. The minimum Gasteiger partial charge on any atom is -0.425 e. The van der Waals surface area contributed by atoms with E-state index in [1.54, 1.807) is 32.0 Å². The van der Waals surface area contributed by atoms with Crippen LogP contribution in [0.25, 0.3) is 5.78 Å². The number of alkyl halides is 3. The van der Waals surface area contributed by atoms with Gasteiger partial charge in [0.25, 0.3) is 11.6 Å². The second kappa shape index (κ2) is 6.80. The Morgan fingerprint density at radius 2 is 1.93 bits per heavy atom. The molecule has 1 aromatic carbocycles. The van der Waals surface area contributed by atoms with Crippen LogP contribution in [-0.2, 0) is 17.4 Å². The van der Waals surface area contributed by atoms with Gasteiger partial charge in [-0.25, -0.2) is 9.50 Å². The van der Waals surface area contributed by atoms with Crippen LogP contribution in [0.3, 0.4) is 0 Å². The number of hydrogen-bond donors (Lipinski definition) is 0. The summed E-state index contributed by atoms with van der Waals surface area (Å²) in [6.45, 7) is 4.94. The molecular formula is C17H14ClF3N4O2. The monoisotopic (exact) mass is 398 g/mol. The highest BCUT2D eigenvalue weighted by atomic mass is 35.5. The Kier molecular flexibility index (Phi) is 4.81. The molecule has 0 atom stereocenters. The summed E-state index contributed by atoms with van der Waals surface area (Å²) in [5, 5.41) is 3.73. The van der Waals surface area contributed by atoms with Crippen molar-refractivity contribution in [3.05, 3.63) is 51.6 Å². The van der Waals surface area contributed by atoms with Gasteiger partial charge >= 0.3 is 12.1 Å². The van der Waals surface area contributed by atoms with Gasteiger partial charge in [0.1, 0.15) is 5.75 Å². The van der Waals surface area contributed by atoms with Crippen molar-refractivity contribution in [1.29, 1.82) is 0 Å². The van der Waals surface area contributed by atoms with Gasteiger partial charge in [-0.15, -0.1) is 5.10 Å². The van der Waals surface area contributed by atoms with Crippen LogP contribution in [0.15, 0.2) is 18.2 Å². The first kappa shape index (κ1) is 19.1. The lowest BCUT2D eigenvalue weighted by atomic mass is 10.1. The van der Waals surface area contributed by atoms with Gasteiger partial charge in [0.15, 0.2) is 0 Å². The molecule has 0 radical (unpaired) electrons. The molecule has 0 saturated heterocycles. The average Bonchev–Trinajstić information content (AvgIpc) is 2.99. The quantitative estimate of drug-likeness (QED) is 0.495. The number of hydrogen-bond acceptors (Lipinski definition) is 5. The van der Waals surface area contributed by atoms with Gasteiger partial charge < -0.3 is 4.74 Å². The summed E-state index contributed by atoms with van der Waals surface area (Å²) < 4.78 is 44.7. The number of ether oxygens (including phenoxy) is 1. The summed E-state index contributed by atoms with van der Waals surface area (Å²) in [5.74, 6) is -1.88. The number of nitrogens with zero attached hydrogens (tertiary/aromatic N) is 4. The van der Waals surface area contributed by atoms with E-state index >= 15 is 0 Å². The molecule has 27 heavy (non-hydrogen) atoms. The normalized spacial score (nSPS) is 11.8. The van der Waals surface area contributed by atoms with Crippen LogP contribution in [0.4, 0.5) is 13.2 Å². The predicted molar refractivity (Wildman–Crippen MR) is 90.8 cm³/mol. The van der Waals surface area contributed by atoms with Crippen molar-refractivity contribution in [2.24, 2.45) is 0 Å². The van der Waals surface area contributed by atoms with Gasteiger partial charge in [-0.3, -0.25) is 4.79 Å². The fourth-order valence-electron chi connectivity index (χ4n) is 2.58. The Bertz CT molecular complexity index is 1050. The van der Waals surface area contributed by atoms with Gasteiger partial charge in [0.05, 0.1) is 11.4 Å². The van der Waals surface area contributed by atoms with Crippen LogP contribution in [0, 0.1) is 20.8 Å². The zero-order valence-corrected chi connectivity index (χ0v) is 15.3. The van der Waals surface area contributed by atoms with Gasteiger partial charge in [-0.2, -0.15) is 18.2 Å². The maximum Gasteiger partial charge on any atom is 0.453 e. The molecular weight excluding hydrogens is 385 g/mol. The van der Waals surface area contributed by atoms with E-state index in [2.05, 4.69) is 15.1 Å². The summed E-state index contributed by atoms with van der Waals surface area (Å²) >= 11 is 6.01. The van der Waals surface area contributed by atoms with Crippen molar-refractivity contribution in [3.63, 3.8) is 0 Å². The molecule has 0 unspecified atom stereocenters. The van der Waals surface area contributed by atoms with E-state index < -0.39 is 18.0 Å². The van der Waals surface area contributed by atoms with Crippen molar-refractivity contribution < 1.29 is 22.7 Å². The lowest BCUT2D eigenvalue weighted by Crippen LogP contribution is -2.16. The maximum atomic E-state index is 12.8. The number of aryl methyl sites for hydroxylation is 3. The van der Waals surface area contributed by atoms with Crippen LogP contribution in [0.5, 0.6) is 5.75 Å². The lowest BCUT2D eigenvalue weighted by molar-refractivity contribution is -0.144. The summed E-state index contributed by atoms with van der Waals surface area (Å²) in [6.07, 6.45) is -4.89. The van der Waals surface area contributed by atoms with Crippen molar-refractivity contribution in [1.82, 2.24) is 19.6 Å². The first-order valence-electron chi connectivity index (χ1n) is 7.83. The van der Waals surface area contributed by atoms with E-state index in [1.807, 2.05) is 6.92 Å². The molecule has 10 heteroatoms. The van der Waals surface area contributed by atoms with Gasteiger partial charge in [-0.05, 0) is 38.5 Å². The fraction of sp³-hybridized carbons (Fsp3) is 0.294. The molecule has 2 aromatic heterocycles. The molecule has 2 heterocycles. The molecule has 0 fully saturated rings. The molecule has 0 amide bonds. The number of esters is 1. The molecule has 3 rings (SSSR count). The zero-order valence-electron chi connectivity index (χ0n) is 14.6. The molecule has 142 valence electrons. The van der Waals surface area contributed by atoms with Crippen LogP contribution < -0.4 is 4.74 Å². The van der Waals surface area contributed by atoms with Gasteiger partial charge in [0, 0.05) is 17.0 Å².